The molecule has 5 nitrogen and oxygen atoms in total. The number of hydrogen-bond donors (Lipinski definition) is 1. The molecule has 0 spiro atoms. The number of hydrogen-bond acceptors (Lipinski definition) is 5. The van der Waals surface area contributed by atoms with Gasteiger partial charge >= 0.3 is 0 Å². The maximum atomic E-state index is 11.7. The van der Waals surface area contributed by atoms with E-state index in [0.717, 1.165) is 38.4 Å². The summed E-state index contributed by atoms with van der Waals surface area (Å²) in [5.74, 6) is 0.0540. The third kappa shape index (κ3) is 3.24. The van der Waals surface area contributed by atoms with E-state index in [0.29, 0.717) is 0 Å². The molecule has 2 heterocycles. The van der Waals surface area contributed by atoms with Gasteiger partial charge in [-0.25, -0.2) is 4.98 Å². The summed E-state index contributed by atoms with van der Waals surface area (Å²) in [6.07, 6.45) is 0. The van der Waals surface area contributed by atoms with E-state index in [1.165, 1.54) is 0 Å². The molecule has 1 aromatic rings. The van der Waals surface area contributed by atoms with E-state index < -0.39 is 0 Å². The number of nitrogens with two attached hydrogens (primary N) is 1. The Morgan fingerprint density at radius 1 is 1.53 bits per heavy atom. The van der Waals surface area contributed by atoms with Crippen molar-refractivity contribution in [3.63, 3.8) is 0 Å². The van der Waals surface area contributed by atoms with Crippen LogP contribution in [0.2, 0.25) is 0 Å². The summed E-state index contributed by atoms with van der Waals surface area (Å²) in [6, 6.07) is -0.389. The van der Waals surface area contributed by atoms with Crippen molar-refractivity contribution in [3.8, 4) is 0 Å². The number of carbonyl (C=O) groups excluding carboxylic acids is 1. The van der Waals surface area contributed by atoms with Crippen LogP contribution >= 0.6 is 11.3 Å². The quantitative estimate of drug-likeness (QED) is 0.833. The number of rotatable bonds is 3. The first-order valence-corrected chi connectivity index (χ1v) is 6.75. The molecular formula is C11H18N4OS. The Kier molecular flexibility index (Phi) is 4.09. The Bertz CT molecular complexity index is 358. The van der Waals surface area contributed by atoms with Crippen LogP contribution in [0.1, 0.15) is 12.6 Å². The van der Waals surface area contributed by atoms with E-state index in [4.69, 9.17) is 5.73 Å². The Morgan fingerprint density at radius 2 is 2.24 bits per heavy atom. The second-order valence-corrected chi connectivity index (χ2v) is 5.09. The predicted molar refractivity (Wildman–Crippen MR) is 67.6 cm³/mol. The van der Waals surface area contributed by atoms with Gasteiger partial charge in [-0.15, -0.1) is 11.3 Å². The molecule has 6 heteroatoms. The summed E-state index contributed by atoms with van der Waals surface area (Å²) in [5, 5.41) is 2.07. The van der Waals surface area contributed by atoms with Gasteiger partial charge in [-0.1, -0.05) is 0 Å². The molecule has 2 N–H and O–H groups in total. The van der Waals surface area contributed by atoms with Gasteiger partial charge in [-0.2, -0.15) is 0 Å². The van der Waals surface area contributed by atoms with Crippen molar-refractivity contribution in [2.45, 2.75) is 19.5 Å². The molecule has 94 valence electrons. The van der Waals surface area contributed by atoms with Crippen LogP contribution in [0.3, 0.4) is 0 Å². The standard InChI is InChI=1S/C11H18N4OS/c1-9(12)11(16)15-4-2-14(3-5-15)6-10-7-17-8-13-10/h7-9H,2-6,12H2,1H3/t9-/m1/s1. The van der Waals surface area contributed by atoms with Crippen molar-refractivity contribution in [2.75, 3.05) is 26.2 Å². The maximum Gasteiger partial charge on any atom is 0.239 e. The van der Waals surface area contributed by atoms with Crippen LogP contribution in [0.15, 0.2) is 10.9 Å². The highest BCUT2D eigenvalue weighted by molar-refractivity contribution is 7.07. The van der Waals surface area contributed by atoms with Gasteiger partial charge in [0, 0.05) is 38.1 Å². The SMILES string of the molecule is C[C@@H](N)C(=O)N1CCN(Cc2cscn2)CC1. The van der Waals surface area contributed by atoms with Gasteiger partial charge in [0.2, 0.25) is 5.91 Å². The molecule has 0 aromatic carbocycles. The Hall–Kier alpha value is -0.980. The molecule has 1 fully saturated rings. The zero-order valence-electron chi connectivity index (χ0n) is 10.0. The van der Waals surface area contributed by atoms with Gasteiger partial charge in [0.25, 0.3) is 0 Å². The highest BCUT2D eigenvalue weighted by Gasteiger charge is 2.23. The van der Waals surface area contributed by atoms with Crippen LogP contribution in [0.25, 0.3) is 0 Å². The van der Waals surface area contributed by atoms with Crippen molar-refractivity contribution in [2.24, 2.45) is 5.73 Å². The smallest absolute Gasteiger partial charge is 0.239 e. The monoisotopic (exact) mass is 254 g/mol. The fourth-order valence-electron chi connectivity index (χ4n) is 1.96. The largest absolute Gasteiger partial charge is 0.339 e. The van der Waals surface area contributed by atoms with E-state index in [9.17, 15) is 4.79 Å². The van der Waals surface area contributed by atoms with Crippen LogP contribution in [0.5, 0.6) is 0 Å². The van der Waals surface area contributed by atoms with Gasteiger partial charge < -0.3 is 10.6 Å². The number of carbonyl (C=O) groups is 1. The fraction of sp³-hybridized carbons (Fsp3) is 0.636. The van der Waals surface area contributed by atoms with Crippen molar-refractivity contribution >= 4 is 17.2 Å². The van der Waals surface area contributed by atoms with Crippen LogP contribution in [-0.2, 0) is 11.3 Å². The fourth-order valence-corrected chi connectivity index (χ4v) is 2.51. The maximum absolute atomic E-state index is 11.7. The summed E-state index contributed by atoms with van der Waals surface area (Å²) in [7, 11) is 0. The second-order valence-electron chi connectivity index (χ2n) is 4.37. The molecule has 2 rings (SSSR count). The highest BCUT2D eigenvalue weighted by atomic mass is 32.1. The van der Waals surface area contributed by atoms with Crippen LogP contribution < -0.4 is 5.73 Å². The Balaban J connectivity index is 1.80. The first-order chi connectivity index (χ1) is 8.16. The lowest BCUT2D eigenvalue weighted by Crippen LogP contribution is -2.52. The minimum atomic E-state index is -0.389. The van der Waals surface area contributed by atoms with Crippen molar-refractivity contribution < 1.29 is 4.79 Å². The van der Waals surface area contributed by atoms with Crippen LogP contribution in [-0.4, -0.2) is 52.9 Å². The topological polar surface area (TPSA) is 62.5 Å². The van der Waals surface area contributed by atoms with Crippen molar-refractivity contribution in [3.05, 3.63) is 16.6 Å². The van der Waals surface area contributed by atoms with Crippen LogP contribution in [0, 0.1) is 0 Å². The lowest BCUT2D eigenvalue weighted by molar-refractivity contribution is -0.134. The van der Waals surface area contributed by atoms with Gasteiger partial charge in [0.1, 0.15) is 0 Å². The van der Waals surface area contributed by atoms with Gasteiger partial charge in [-0.3, -0.25) is 9.69 Å². The summed E-state index contributed by atoms with van der Waals surface area (Å²) < 4.78 is 0. The summed E-state index contributed by atoms with van der Waals surface area (Å²) in [4.78, 5) is 20.1. The van der Waals surface area contributed by atoms with Crippen LogP contribution in [0.4, 0.5) is 0 Å². The van der Waals surface area contributed by atoms with E-state index in [1.807, 2.05) is 10.4 Å². The zero-order valence-corrected chi connectivity index (χ0v) is 10.8. The van der Waals surface area contributed by atoms with E-state index in [1.54, 1.807) is 18.3 Å². The molecule has 0 radical (unpaired) electrons. The number of piperazine rings is 1. The molecule has 1 saturated heterocycles. The summed E-state index contributed by atoms with van der Waals surface area (Å²) in [5.41, 5.74) is 8.56. The summed E-state index contributed by atoms with van der Waals surface area (Å²) >= 11 is 1.62. The van der Waals surface area contributed by atoms with Gasteiger partial charge in [0.05, 0.1) is 17.2 Å². The highest BCUT2D eigenvalue weighted by Crippen LogP contribution is 2.09. The lowest BCUT2D eigenvalue weighted by atomic mass is 10.2. The molecule has 1 aromatic heterocycles. The minimum Gasteiger partial charge on any atom is -0.339 e. The first-order valence-electron chi connectivity index (χ1n) is 5.80. The predicted octanol–water partition coefficient (Wildman–Crippen LogP) is 0.135. The average molecular weight is 254 g/mol. The zero-order chi connectivity index (χ0) is 12.3. The van der Waals surface area contributed by atoms with Gasteiger partial charge in [0.15, 0.2) is 0 Å². The molecule has 0 bridgehead atoms. The number of nitrogens with zero attached hydrogens (tertiary/aromatic N) is 3. The normalized spacial score (nSPS) is 19.3. The molecule has 0 aliphatic carbocycles. The average Bonchev–Trinajstić information content (AvgIpc) is 2.82. The molecule has 17 heavy (non-hydrogen) atoms. The molecule has 1 aliphatic heterocycles. The van der Waals surface area contributed by atoms with E-state index >= 15 is 0 Å². The van der Waals surface area contributed by atoms with Gasteiger partial charge in [-0.05, 0) is 6.92 Å². The molecule has 0 unspecified atom stereocenters. The third-order valence-electron chi connectivity index (χ3n) is 2.94. The van der Waals surface area contributed by atoms with E-state index in [-0.39, 0.29) is 11.9 Å². The number of amides is 1. The second kappa shape index (κ2) is 5.57. The molecule has 0 saturated carbocycles. The number of thiazole rings is 1. The molecule has 1 atom stereocenters. The number of aromatic nitrogens is 1. The molecular weight excluding hydrogens is 236 g/mol. The molecule has 1 aliphatic rings. The Labute approximate surface area is 105 Å². The van der Waals surface area contributed by atoms with E-state index in [2.05, 4.69) is 15.3 Å². The third-order valence-corrected chi connectivity index (χ3v) is 3.58. The first kappa shape index (κ1) is 12.5. The minimum absolute atomic E-state index is 0.0540. The summed E-state index contributed by atoms with van der Waals surface area (Å²) in [6.45, 7) is 5.95. The van der Waals surface area contributed by atoms with Crippen molar-refractivity contribution in [1.82, 2.24) is 14.8 Å². The Morgan fingerprint density at radius 3 is 2.76 bits per heavy atom. The van der Waals surface area contributed by atoms with Crippen molar-refractivity contribution in [1.29, 1.82) is 0 Å². The molecule has 1 amide bonds. The lowest BCUT2D eigenvalue weighted by Gasteiger charge is -2.35.